The van der Waals surface area contributed by atoms with Gasteiger partial charge in [0, 0.05) is 31.1 Å². The molecule has 0 heterocycles. The van der Waals surface area contributed by atoms with Crippen molar-refractivity contribution >= 4 is 17.5 Å². The summed E-state index contributed by atoms with van der Waals surface area (Å²) in [4.78, 5) is 34.3. The molecule has 0 aromatic rings. The van der Waals surface area contributed by atoms with E-state index in [1.807, 2.05) is 19.1 Å². The zero-order chi connectivity index (χ0) is 19.5. The Kier molecular flexibility index (Phi) is 10.1. The van der Waals surface area contributed by atoms with Crippen LogP contribution in [-0.4, -0.2) is 45.1 Å². The second kappa shape index (κ2) is 11.8. The van der Waals surface area contributed by atoms with Crippen LogP contribution in [0.25, 0.3) is 0 Å². The molecule has 0 unspecified atom stereocenters. The highest BCUT2D eigenvalue weighted by Crippen LogP contribution is 2.33. The highest BCUT2D eigenvalue weighted by atomic mass is 16.4. The molecule has 0 bridgehead atoms. The van der Waals surface area contributed by atoms with Gasteiger partial charge in [-0.05, 0) is 25.7 Å². The molecule has 0 saturated heterocycles. The quantitative estimate of drug-likeness (QED) is 0.361. The number of aliphatic carboxylic acids is 1. The molecule has 6 nitrogen and oxygen atoms in total. The van der Waals surface area contributed by atoms with E-state index in [9.17, 15) is 24.6 Å². The number of ketones is 2. The third kappa shape index (κ3) is 7.62. The molecule has 1 fully saturated rings. The monoisotopic (exact) mass is 366 g/mol. The number of aliphatic hydroxyl groups excluding tert-OH is 2. The smallest absolute Gasteiger partial charge is 0.303 e. The Bertz CT molecular complexity index is 536. The van der Waals surface area contributed by atoms with Crippen molar-refractivity contribution in [3.63, 3.8) is 0 Å². The van der Waals surface area contributed by atoms with E-state index < -0.39 is 24.1 Å². The number of aliphatic hydroxyl groups is 2. The summed E-state index contributed by atoms with van der Waals surface area (Å²) in [6.45, 7) is 1.97. The zero-order valence-electron chi connectivity index (χ0n) is 15.3. The van der Waals surface area contributed by atoms with Crippen molar-refractivity contribution in [2.24, 2.45) is 11.8 Å². The van der Waals surface area contributed by atoms with Crippen molar-refractivity contribution in [2.45, 2.75) is 70.5 Å². The normalized spacial score (nSPS) is 24.6. The van der Waals surface area contributed by atoms with Crippen LogP contribution in [0.1, 0.15) is 58.3 Å². The fourth-order valence-corrected chi connectivity index (χ4v) is 3.10. The Morgan fingerprint density at radius 2 is 1.96 bits per heavy atom. The number of Topliss-reactive ketones (excluding diaryl/α,β-unsaturated/α-hetero) is 2. The number of rotatable bonds is 12. The fraction of sp³-hybridized carbons (Fsp3) is 0.650. The number of carboxylic acid groups (broad SMARTS) is 1. The van der Waals surface area contributed by atoms with Crippen LogP contribution in [0.5, 0.6) is 0 Å². The molecule has 3 N–H and O–H groups in total. The molecular formula is C20H30O6. The zero-order valence-corrected chi connectivity index (χ0v) is 15.3. The van der Waals surface area contributed by atoms with E-state index in [-0.39, 0.29) is 30.3 Å². The van der Waals surface area contributed by atoms with E-state index in [0.717, 1.165) is 12.8 Å². The predicted molar refractivity (Wildman–Crippen MR) is 97.5 cm³/mol. The molecular weight excluding hydrogens is 336 g/mol. The number of carbonyl (C=O) groups excluding carboxylic acids is 2. The molecule has 146 valence electrons. The Morgan fingerprint density at radius 1 is 1.23 bits per heavy atom. The largest absolute Gasteiger partial charge is 0.481 e. The Morgan fingerprint density at radius 3 is 2.62 bits per heavy atom. The minimum atomic E-state index is -1.20. The Labute approximate surface area is 154 Å². The van der Waals surface area contributed by atoms with Crippen LogP contribution in [-0.2, 0) is 14.4 Å². The molecule has 0 aromatic heterocycles. The summed E-state index contributed by atoms with van der Waals surface area (Å²) in [7, 11) is 0. The number of hydrogen-bond acceptors (Lipinski definition) is 5. The maximum Gasteiger partial charge on any atom is 0.303 e. The number of carbonyl (C=O) groups is 3. The van der Waals surface area contributed by atoms with Gasteiger partial charge in [-0.3, -0.25) is 14.4 Å². The van der Waals surface area contributed by atoms with Gasteiger partial charge in [-0.1, -0.05) is 37.6 Å². The fourth-order valence-electron chi connectivity index (χ4n) is 3.10. The predicted octanol–water partition coefficient (Wildman–Crippen LogP) is 2.43. The van der Waals surface area contributed by atoms with Crippen LogP contribution in [0.2, 0.25) is 0 Å². The lowest BCUT2D eigenvalue weighted by Gasteiger charge is -2.16. The first-order chi connectivity index (χ1) is 12.4. The number of allylic oxidation sites excluding steroid dienone is 2. The van der Waals surface area contributed by atoms with Gasteiger partial charge in [0.15, 0.2) is 5.78 Å². The van der Waals surface area contributed by atoms with Crippen molar-refractivity contribution in [1.82, 2.24) is 0 Å². The van der Waals surface area contributed by atoms with Gasteiger partial charge in [-0.15, -0.1) is 0 Å². The second-order valence-corrected chi connectivity index (χ2v) is 6.81. The summed E-state index contributed by atoms with van der Waals surface area (Å²) >= 11 is 0. The summed E-state index contributed by atoms with van der Waals surface area (Å²) in [6.07, 6.45) is 8.39. The first kappa shape index (κ1) is 22.3. The van der Waals surface area contributed by atoms with Gasteiger partial charge >= 0.3 is 5.97 Å². The molecule has 0 aliphatic heterocycles. The molecule has 0 spiro atoms. The number of carboxylic acids is 1. The highest BCUT2D eigenvalue weighted by molar-refractivity contribution is 5.86. The first-order valence-electron chi connectivity index (χ1n) is 9.33. The molecule has 4 atom stereocenters. The first-order valence-corrected chi connectivity index (χ1v) is 9.33. The van der Waals surface area contributed by atoms with E-state index in [1.165, 1.54) is 6.08 Å². The van der Waals surface area contributed by atoms with Crippen LogP contribution in [0.15, 0.2) is 24.3 Å². The lowest BCUT2D eigenvalue weighted by atomic mass is 9.90. The van der Waals surface area contributed by atoms with E-state index in [1.54, 1.807) is 6.08 Å². The number of unbranched alkanes of at least 4 members (excludes halogenated alkanes) is 2. The van der Waals surface area contributed by atoms with E-state index >= 15 is 0 Å². The highest BCUT2D eigenvalue weighted by Gasteiger charge is 2.39. The van der Waals surface area contributed by atoms with Gasteiger partial charge in [-0.2, -0.15) is 0 Å². The maximum absolute atomic E-state index is 12.1. The molecule has 0 aromatic carbocycles. The van der Waals surface area contributed by atoms with E-state index in [4.69, 9.17) is 5.11 Å². The van der Waals surface area contributed by atoms with E-state index in [2.05, 4.69) is 0 Å². The minimum absolute atomic E-state index is 0.0332. The Balaban J connectivity index is 2.56. The number of hydrogen-bond donors (Lipinski definition) is 3. The third-order valence-electron chi connectivity index (χ3n) is 4.67. The molecule has 1 rings (SSSR count). The van der Waals surface area contributed by atoms with Crippen LogP contribution in [0.4, 0.5) is 0 Å². The molecule has 1 aliphatic rings. The molecule has 0 radical (unpaired) electrons. The van der Waals surface area contributed by atoms with Crippen LogP contribution < -0.4 is 0 Å². The van der Waals surface area contributed by atoms with Crippen molar-refractivity contribution in [2.75, 3.05) is 0 Å². The van der Waals surface area contributed by atoms with Crippen molar-refractivity contribution in [3.05, 3.63) is 24.3 Å². The lowest BCUT2D eigenvalue weighted by molar-refractivity contribution is -0.137. The Hall–Kier alpha value is -1.79. The minimum Gasteiger partial charge on any atom is -0.481 e. The van der Waals surface area contributed by atoms with Gasteiger partial charge in [0.1, 0.15) is 11.9 Å². The topological polar surface area (TPSA) is 112 Å². The molecule has 6 heteroatoms. The van der Waals surface area contributed by atoms with Crippen molar-refractivity contribution < 1.29 is 29.7 Å². The van der Waals surface area contributed by atoms with Gasteiger partial charge in [0.2, 0.25) is 0 Å². The molecule has 1 saturated carbocycles. The average Bonchev–Trinajstić information content (AvgIpc) is 2.86. The summed E-state index contributed by atoms with van der Waals surface area (Å²) in [5, 5.41) is 28.6. The van der Waals surface area contributed by atoms with Gasteiger partial charge in [0.05, 0.1) is 6.10 Å². The van der Waals surface area contributed by atoms with Gasteiger partial charge in [-0.25, -0.2) is 0 Å². The lowest BCUT2D eigenvalue weighted by Crippen LogP contribution is -2.21. The van der Waals surface area contributed by atoms with E-state index in [0.29, 0.717) is 25.7 Å². The average molecular weight is 366 g/mol. The van der Waals surface area contributed by atoms with Crippen LogP contribution in [0.3, 0.4) is 0 Å². The summed E-state index contributed by atoms with van der Waals surface area (Å²) in [5.41, 5.74) is 0. The third-order valence-corrected chi connectivity index (χ3v) is 4.67. The summed E-state index contributed by atoms with van der Waals surface area (Å²) in [6, 6.07) is 0. The standard InChI is InChI=1S/C20H30O6/c1-2-3-9-16(21)17(22)12-11-15-14(18(23)13-19(15)24)8-6-4-5-7-10-20(25)26/h4,6,11-12,14-15,17,19,22,24H,2-3,5,7-10,13H2,1H3,(H,25,26)/b6-4-,12-11+/t14-,15-,17+,19-/m1/s1. The second-order valence-electron chi connectivity index (χ2n) is 6.81. The van der Waals surface area contributed by atoms with Crippen LogP contribution in [0, 0.1) is 11.8 Å². The van der Waals surface area contributed by atoms with Crippen molar-refractivity contribution in [1.29, 1.82) is 0 Å². The molecule has 26 heavy (non-hydrogen) atoms. The SMILES string of the molecule is CCCCC(=O)[C@@H](O)/C=C/[C@H]1[C@H](O)CC(=O)[C@@H]1C/C=C\CCCC(=O)O. The summed E-state index contributed by atoms with van der Waals surface area (Å²) < 4.78 is 0. The van der Waals surface area contributed by atoms with Gasteiger partial charge < -0.3 is 15.3 Å². The van der Waals surface area contributed by atoms with Crippen molar-refractivity contribution in [3.8, 4) is 0 Å². The molecule has 0 amide bonds. The van der Waals surface area contributed by atoms with Crippen LogP contribution >= 0.6 is 0 Å². The molecule has 1 aliphatic carbocycles. The maximum atomic E-state index is 12.1. The van der Waals surface area contributed by atoms with Gasteiger partial charge in [0.25, 0.3) is 0 Å². The summed E-state index contributed by atoms with van der Waals surface area (Å²) in [5.74, 6) is -1.91.